The lowest BCUT2D eigenvalue weighted by Gasteiger charge is -2.19. The lowest BCUT2D eigenvalue weighted by Crippen LogP contribution is -2.26. The molecular formula is C8H14BNO2. The van der Waals surface area contributed by atoms with Crippen molar-refractivity contribution in [3.63, 3.8) is 0 Å². The quantitative estimate of drug-likeness (QED) is 0.340. The first kappa shape index (κ1) is 9.55. The predicted octanol–water partition coefficient (Wildman–Crippen LogP) is 1.94. The van der Waals surface area contributed by atoms with Crippen LogP contribution in [0, 0.1) is 10.1 Å². The highest BCUT2D eigenvalue weighted by atomic mass is 16.6. The molecule has 2 radical (unpaired) electrons. The normalized spacial score (nSPS) is 32.0. The van der Waals surface area contributed by atoms with Crippen molar-refractivity contribution in [3.8, 4) is 0 Å². The summed E-state index contributed by atoms with van der Waals surface area (Å²) in [5.74, 6) is -0.222. The van der Waals surface area contributed by atoms with E-state index in [1.807, 2.05) is 0 Å². The van der Waals surface area contributed by atoms with Crippen LogP contribution in [0.1, 0.15) is 38.5 Å². The minimum atomic E-state index is -0.495. The van der Waals surface area contributed by atoms with Crippen molar-refractivity contribution in [1.82, 2.24) is 0 Å². The summed E-state index contributed by atoms with van der Waals surface area (Å²) >= 11 is 0. The molecular weight excluding hydrogens is 153 g/mol. The van der Waals surface area contributed by atoms with Crippen molar-refractivity contribution in [1.29, 1.82) is 0 Å². The van der Waals surface area contributed by atoms with Crippen molar-refractivity contribution in [2.24, 2.45) is 0 Å². The van der Waals surface area contributed by atoms with Crippen LogP contribution in [0.2, 0.25) is 5.82 Å². The highest BCUT2D eigenvalue weighted by Crippen LogP contribution is 2.26. The molecule has 0 bridgehead atoms. The average Bonchev–Trinajstić information content (AvgIpc) is 1.96. The molecule has 0 spiro atoms. The van der Waals surface area contributed by atoms with Gasteiger partial charge in [0.05, 0.1) is 7.85 Å². The molecule has 0 aliphatic heterocycles. The summed E-state index contributed by atoms with van der Waals surface area (Å²) in [4.78, 5) is 10.3. The Morgan fingerprint density at radius 3 is 2.33 bits per heavy atom. The van der Waals surface area contributed by atoms with Crippen molar-refractivity contribution in [2.45, 2.75) is 50.4 Å². The summed E-state index contributed by atoms with van der Waals surface area (Å²) in [5, 5.41) is 10.6. The molecule has 1 saturated carbocycles. The molecule has 0 aromatic rings. The molecule has 2 atom stereocenters. The van der Waals surface area contributed by atoms with Crippen LogP contribution in [0.25, 0.3) is 0 Å². The van der Waals surface area contributed by atoms with Gasteiger partial charge in [-0.15, -0.1) is 0 Å². The van der Waals surface area contributed by atoms with E-state index in [1.54, 1.807) is 0 Å². The number of nitrogens with zero attached hydrogens (tertiary/aromatic N) is 1. The number of nitro groups is 1. The van der Waals surface area contributed by atoms with Crippen molar-refractivity contribution in [2.75, 3.05) is 0 Å². The van der Waals surface area contributed by atoms with Gasteiger partial charge in [-0.05, 0) is 12.2 Å². The van der Waals surface area contributed by atoms with E-state index in [-0.39, 0.29) is 10.7 Å². The monoisotopic (exact) mass is 167 g/mol. The van der Waals surface area contributed by atoms with Crippen LogP contribution >= 0.6 is 0 Å². The van der Waals surface area contributed by atoms with Crippen molar-refractivity contribution in [3.05, 3.63) is 10.1 Å². The molecule has 1 aliphatic rings. The van der Waals surface area contributed by atoms with Crippen LogP contribution in [0.5, 0.6) is 0 Å². The van der Waals surface area contributed by atoms with E-state index in [2.05, 4.69) is 0 Å². The SMILES string of the molecule is [B]C1CCCCCCC1[N+](=O)[O-]. The molecule has 4 heteroatoms. The molecule has 0 aromatic heterocycles. The maximum absolute atomic E-state index is 10.6. The zero-order valence-electron chi connectivity index (χ0n) is 7.24. The van der Waals surface area contributed by atoms with E-state index in [0.29, 0.717) is 6.42 Å². The van der Waals surface area contributed by atoms with Gasteiger partial charge in [0.25, 0.3) is 0 Å². The topological polar surface area (TPSA) is 43.1 Å². The summed E-state index contributed by atoms with van der Waals surface area (Å²) in [6, 6.07) is -0.495. The molecule has 1 fully saturated rings. The van der Waals surface area contributed by atoms with Gasteiger partial charge in [-0.3, -0.25) is 10.1 Å². The van der Waals surface area contributed by atoms with E-state index >= 15 is 0 Å². The largest absolute Gasteiger partial charge is 0.264 e. The van der Waals surface area contributed by atoms with Gasteiger partial charge in [0.15, 0.2) is 0 Å². The Hall–Kier alpha value is -0.535. The third-order valence-corrected chi connectivity index (χ3v) is 2.55. The summed E-state index contributed by atoms with van der Waals surface area (Å²) in [5.41, 5.74) is 0. The summed E-state index contributed by atoms with van der Waals surface area (Å²) < 4.78 is 0. The Kier molecular flexibility index (Phi) is 3.57. The average molecular weight is 167 g/mol. The molecule has 0 aromatic carbocycles. The Bertz CT molecular complexity index is 163. The number of hydrogen-bond acceptors (Lipinski definition) is 2. The molecule has 1 rings (SSSR count). The van der Waals surface area contributed by atoms with E-state index in [9.17, 15) is 10.1 Å². The Labute approximate surface area is 74.1 Å². The first-order valence-electron chi connectivity index (χ1n) is 4.61. The van der Waals surface area contributed by atoms with Gasteiger partial charge in [0.2, 0.25) is 6.04 Å². The number of rotatable bonds is 1. The van der Waals surface area contributed by atoms with E-state index in [1.165, 1.54) is 6.42 Å². The van der Waals surface area contributed by atoms with Gasteiger partial charge in [0, 0.05) is 11.3 Å². The summed E-state index contributed by atoms with van der Waals surface area (Å²) in [7, 11) is 5.71. The van der Waals surface area contributed by atoms with Crippen LogP contribution < -0.4 is 0 Å². The summed E-state index contributed by atoms with van der Waals surface area (Å²) in [6.07, 6.45) is 5.78. The van der Waals surface area contributed by atoms with Gasteiger partial charge in [-0.2, -0.15) is 0 Å². The van der Waals surface area contributed by atoms with Gasteiger partial charge < -0.3 is 0 Å². The van der Waals surface area contributed by atoms with E-state index in [0.717, 1.165) is 25.7 Å². The zero-order valence-corrected chi connectivity index (χ0v) is 7.24. The third kappa shape index (κ3) is 2.50. The second-order valence-electron chi connectivity index (χ2n) is 3.51. The highest BCUT2D eigenvalue weighted by molar-refractivity contribution is 6.12. The van der Waals surface area contributed by atoms with Crippen LogP contribution in [-0.4, -0.2) is 18.8 Å². The van der Waals surface area contributed by atoms with E-state index < -0.39 is 6.04 Å². The van der Waals surface area contributed by atoms with Gasteiger partial charge in [-0.1, -0.05) is 25.7 Å². The smallest absolute Gasteiger partial charge is 0.208 e. The van der Waals surface area contributed by atoms with Crippen LogP contribution in [0.15, 0.2) is 0 Å². The predicted molar refractivity (Wildman–Crippen MR) is 48.0 cm³/mol. The fraction of sp³-hybridized carbons (Fsp3) is 1.00. The minimum Gasteiger partial charge on any atom is -0.264 e. The maximum Gasteiger partial charge on any atom is 0.208 e. The lowest BCUT2D eigenvalue weighted by atomic mass is 9.74. The van der Waals surface area contributed by atoms with Crippen LogP contribution in [-0.2, 0) is 0 Å². The highest BCUT2D eigenvalue weighted by Gasteiger charge is 2.27. The molecule has 3 nitrogen and oxygen atoms in total. The lowest BCUT2D eigenvalue weighted by molar-refractivity contribution is -0.524. The Morgan fingerprint density at radius 1 is 1.17 bits per heavy atom. The standard InChI is InChI=1S/C8H14BNO2/c9-7-5-3-1-2-4-6-8(7)10(11)12/h7-8H,1-6H2. The molecule has 66 valence electrons. The van der Waals surface area contributed by atoms with Crippen molar-refractivity contribution < 1.29 is 4.92 Å². The Balaban J connectivity index is 2.48. The Morgan fingerprint density at radius 2 is 1.75 bits per heavy atom. The molecule has 0 saturated heterocycles. The van der Waals surface area contributed by atoms with Gasteiger partial charge in [-0.25, -0.2) is 0 Å². The zero-order chi connectivity index (χ0) is 8.97. The molecule has 2 unspecified atom stereocenters. The third-order valence-electron chi connectivity index (χ3n) is 2.55. The van der Waals surface area contributed by atoms with Crippen molar-refractivity contribution >= 4 is 7.85 Å². The first-order chi connectivity index (χ1) is 5.72. The number of hydrogen-bond donors (Lipinski definition) is 0. The second-order valence-corrected chi connectivity index (χ2v) is 3.51. The summed E-state index contributed by atoms with van der Waals surface area (Å²) in [6.45, 7) is 0. The fourth-order valence-electron chi connectivity index (χ4n) is 1.76. The second kappa shape index (κ2) is 4.48. The first-order valence-corrected chi connectivity index (χ1v) is 4.61. The maximum atomic E-state index is 10.6. The van der Waals surface area contributed by atoms with E-state index in [4.69, 9.17) is 7.85 Å². The molecule has 0 heterocycles. The molecule has 12 heavy (non-hydrogen) atoms. The fourth-order valence-corrected chi connectivity index (χ4v) is 1.76. The van der Waals surface area contributed by atoms with Gasteiger partial charge >= 0.3 is 0 Å². The van der Waals surface area contributed by atoms with Crippen LogP contribution in [0.3, 0.4) is 0 Å². The van der Waals surface area contributed by atoms with Crippen LogP contribution in [0.4, 0.5) is 0 Å². The molecule has 0 amide bonds. The minimum absolute atomic E-state index is 0.212. The molecule has 0 N–H and O–H groups in total. The molecule has 1 aliphatic carbocycles. The van der Waals surface area contributed by atoms with Gasteiger partial charge in [0.1, 0.15) is 0 Å².